The van der Waals surface area contributed by atoms with Crippen molar-refractivity contribution in [1.82, 2.24) is 5.32 Å². The van der Waals surface area contributed by atoms with E-state index in [0.717, 1.165) is 11.1 Å². The first kappa shape index (κ1) is 18.2. The molecule has 2 aromatic carbocycles. The Morgan fingerprint density at radius 2 is 1.64 bits per heavy atom. The molecule has 0 saturated carbocycles. The lowest BCUT2D eigenvalue weighted by Gasteiger charge is -2.09. The Balaban J connectivity index is 1.94. The van der Waals surface area contributed by atoms with Crippen LogP contribution in [0.25, 0.3) is 0 Å². The molecule has 0 fully saturated rings. The Morgan fingerprint density at radius 1 is 1.00 bits per heavy atom. The topological polar surface area (TPSA) is 81.7 Å². The van der Waals surface area contributed by atoms with E-state index in [2.05, 4.69) is 5.32 Å². The summed E-state index contributed by atoms with van der Waals surface area (Å²) in [4.78, 5) is 35.9. The van der Waals surface area contributed by atoms with Gasteiger partial charge in [0, 0.05) is 0 Å². The van der Waals surface area contributed by atoms with Crippen LogP contribution in [0.2, 0.25) is 0 Å². The van der Waals surface area contributed by atoms with E-state index in [0.29, 0.717) is 11.3 Å². The van der Waals surface area contributed by atoms with Gasteiger partial charge in [-0.05, 0) is 38.1 Å². The van der Waals surface area contributed by atoms with Gasteiger partial charge in [0.2, 0.25) is 0 Å². The van der Waals surface area contributed by atoms with Crippen LogP contribution in [0.5, 0.6) is 5.75 Å². The maximum atomic E-state index is 12.1. The summed E-state index contributed by atoms with van der Waals surface area (Å²) in [6.45, 7) is 3.18. The molecule has 0 atom stereocenters. The highest BCUT2D eigenvalue weighted by molar-refractivity contribution is 6.07. The minimum atomic E-state index is -0.714. The number of methoxy groups -OCH3 is 1. The minimum Gasteiger partial charge on any atom is -0.496 e. The fourth-order valence-corrected chi connectivity index (χ4v) is 2.37. The van der Waals surface area contributed by atoms with Gasteiger partial charge in [-0.2, -0.15) is 0 Å². The summed E-state index contributed by atoms with van der Waals surface area (Å²) in [6, 6.07) is 11.8. The summed E-state index contributed by atoms with van der Waals surface area (Å²) in [5, 5.41) is 2.17. The number of carbonyl (C=O) groups is 3. The van der Waals surface area contributed by atoms with Crippen molar-refractivity contribution in [3.8, 4) is 5.75 Å². The second kappa shape index (κ2) is 8.10. The van der Waals surface area contributed by atoms with E-state index in [-0.39, 0.29) is 5.56 Å². The van der Waals surface area contributed by atoms with Crippen LogP contribution in [0.1, 0.15) is 31.8 Å². The first-order chi connectivity index (χ1) is 11.9. The maximum Gasteiger partial charge on any atom is 0.338 e. The lowest BCUT2D eigenvalue weighted by Crippen LogP contribution is -2.34. The Bertz CT molecular complexity index is 793. The van der Waals surface area contributed by atoms with Crippen molar-refractivity contribution < 1.29 is 23.9 Å². The summed E-state index contributed by atoms with van der Waals surface area (Å²) < 4.78 is 10.0. The molecule has 0 unspecified atom stereocenters. The molecule has 0 aliphatic carbocycles. The van der Waals surface area contributed by atoms with Gasteiger partial charge in [0.15, 0.2) is 6.61 Å². The van der Waals surface area contributed by atoms with Gasteiger partial charge in [0.1, 0.15) is 5.75 Å². The maximum absolute atomic E-state index is 12.1. The van der Waals surface area contributed by atoms with E-state index in [9.17, 15) is 14.4 Å². The predicted molar refractivity (Wildman–Crippen MR) is 91.7 cm³/mol. The normalized spacial score (nSPS) is 10.0. The van der Waals surface area contributed by atoms with Crippen LogP contribution in [-0.4, -0.2) is 31.5 Å². The number of imide groups is 1. The zero-order valence-corrected chi connectivity index (χ0v) is 14.3. The molecule has 2 amide bonds. The average molecular weight is 341 g/mol. The molecule has 0 radical (unpaired) electrons. The monoisotopic (exact) mass is 341 g/mol. The highest BCUT2D eigenvalue weighted by Crippen LogP contribution is 2.16. The molecule has 2 rings (SSSR count). The molecule has 6 nitrogen and oxygen atoms in total. The highest BCUT2D eigenvalue weighted by atomic mass is 16.5. The third-order valence-electron chi connectivity index (χ3n) is 3.40. The van der Waals surface area contributed by atoms with E-state index >= 15 is 0 Å². The molecule has 2 aromatic rings. The van der Waals surface area contributed by atoms with Crippen molar-refractivity contribution in [2.45, 2.75) is 13.8 Å². The molecule has 0 spiro atoms. The van der Waals surface area contributed by atoms with Crippen molar-refractivity contribution >= 4 is 17.8 Å². The highest BCUT2D eigenvalue weighted by Gasteiger charge is 2.16. The average Bonchev–Trinajstić information content (AvgIpc) is 2.58. The van der Waals surface area contributed by atoms with Gasteiger partial charge in [-0.25, -0.2) is 4.79 Å². The number of hydrogen-bond acceptors (Lipinski definition) is 5. The molecule has 1 N–H and O–H groups in total. The summed E-state index contributed by atoms with van der Waals surface area (Å²) in [5.74, 6) is -1.61. The summed E-state index contributed by atoms with van der Waals surface area (Å²) >= 11 is 0. The number of amides is 2. The van der Waals surface area contributed by atoms with Crippen LogP contribution in [0.3, 0.4) is 0 Å². The lowest BCUT2D eigenvalue weighted by atomic mass is 10.1. The number of aryl methyl sites for hydroxylation is 2. The molecule has 0 aliphatic rings. The summed E-state index contributed by atoms with van der Waals surface area (Å²) in [5.41, 5.74) is 2.42. The van der Waals surface area contributed by atoms with Gasteiger partial charge in [-0.3, -0.25) is 14.9 Å². The Morgan fingerprint density at radius 3 is 2.28 bits per heavy atom. The van der Waals surface area contributed by atoms with Crippen LogP contribution in [0, 0.1) is 13.8 Å². The molecule has 0 heterocycles. The van der Waals surface area contributed by atoms with Crippen LogP contribution in [0.4, 0.5) is 0 Å². The molecule has 6 heteroatoms. The zero-order valence-electron chi connectivity index (χ0n) is 14.3. The quantitative estimate of drug-likeness (QED) is 0.845. The van der Waals surface area contributed by atoms with Gasteiger partial charge >= 0.3 is 5.97 Å². The zero-order chi connectivity index (χ0) is 18.4. The largest absolute Gasteiger partial charge is 0.496 e. The van der Waals surface area contributed by atoms with Crippen molar-refractivity contribution in [3.63, 3.8) is 0 Å². The van der Waals surface area contributed by atoms with E-state index < -0.39 is 24.4 Å². The number of benzene rings is 2. The number of ether oxygens (including phenoxy) is 2. The fourth-order valence-electron chi connectivity index (χ4n) is 2.37. The molecule has 25 heavy (non-hydrogen) atoms. The Labute approximate surface area is 145 Å². The molecule has 0 aromatic heterocycles. The summed E-state index contributed by atoms with van der Waals surface area (Å²) in [6.07, 6.45) is 0. The second-order valence-electron chi connectivity index (χ2n) is 5.53. The molecule has 130 valence electrons. The van der Waals surface area contributed by atoms with Crippen molar-refractivity contribution in [3.05, 3.63) is 64.7 Å². The lowest BCUT2D eigenvalue weighted by molar-refractivity contribution is -0.123. The van der Waals surface area contributed by atoms with E-state index in [1.807, 2.05) is 19.9 Å². The molecular formula is C19H19NO5. The summed E-state index contributed by atoms with van der Waals surface area (Å²) in [7, 11) is 1.43. The fraction of sp³-hybridized carbons (Fsp3) is 0.211. The van der Waals surface area contributed by atoms with Gasteiger partial charge in [-0.15, -0.1) is 0 Å². The van der Waals surface area contributed by atoms with Gasteiger partial charge in [-0.1, -0.05) is 29.3 Å². The third-order valence-corrected chi connectivity index (χ3v) is 3.40. The number of esters is 1. The van der Waals surface area contributed by atoms with Crippen LogP contribution in [-0.2, 0) is 9.53 Å². The van der Waals surface area contributed by atoms with E-state index in [1.54, 1.807) is 30.3 Å². The predicted octanol–water partition coefficient (Wildman–Crippen LogP) is 2.43. The van der Waals surface area contributed by atoms with Crippen LogP contribution >= 0.6 is 0 Å². The first-order valence-corrected chi connectivity index (χ1v) is 7.63. The molecule has 0 bridgehead atoms. The Hall–Kier alpha value is -3.15. The second-order valence-corrected chi connectivity index (χ2v) is 5.53. The number of carbonyl (C=O) groups excluding carboxylic acids is 3. The SMILES string of the molecule is COc1ccccc1C(=O)NC(=O)COC(=O)c1cc(C)cc(C)c1. The van der Waals surface area contributed by atoms with Gasteiger partial charge < -0.3 is 9.47 Å². The first-order valence-electron chi connectivity index (χ1n) is 7.63. The number of nitrogens with one attached hydrogen (secondary N) is 1. The van der Waals surface area contributed by atoms with Crippen LogP contribution in [0.15, 0.2) is 42.5 Å². The van der Waals surface area contributed by atoms with Crippen molar-refractivity contribution in [1.29, 1.82) is 0 Å². The third kappa shape index (κ3) is 4.91. The van der Waals surface area contributed by atoms with E-state index in [1.165, 1.54) is 13.2 Å². The molecule has 0 aliphatic heterocycles. The van der Waals surface area contributed by atoms with Gasteiger partial charge in [0.05, 0.1) is 18.2 Å². The molecule has 0 saturated heterocycles. The smallest absolute Gasteiger partial charge is 0.338 e. The van der Waals surface area contributed by atoms with Crippen molar-refractivity contribution in [2.24, 2.45) is 0 Å². The molecular weight excluding hydrogens is 322 g/mol. The van der Waals surface area contributed by atoms with Crippen LogP contribution < -0.4 is 10.1 Å². The Kier molecular flexibility index (Phi) is 5.89. The minimum absolute atomic E-state index is 0.221. The number of rotatable bonds is 5. The standard InChI is InChI=1S/C19H19NO5/c1-12-8-13(2)10-14(9-12)19(23)25-11-17(21)20-18(22)15-6-4-5-7-16(15)24-3/h4-10H,11H2,1-3H3,(H,20,21,22). The number of para-hydroxylation sites is 1. The number of hydrogen-bond donors (Lipinski definition) is 1. The van der Waals surface area contributed by atoms with E-state index in [4.69, 9.17) is 9.47 Å². The van der Waals surface area contributed by atoms with Crippen molar-refractivity contribution in [2.75, 3.05) is 13.7 Å². The van der Waals surface area contributed by atoms with Gasteiger partial charge in [0.25, 0.3) is 11.8 Å².